The van der Waals surface area contributed by atoms with Gasteiger partial charge in [0.15, 0.2) is 0 Å². The standard InChI is InChI=1S/C17H22N2O2/c1-20-14-7-3-12(4-8-14)16(18)11-17(19)13-5-9-15(21-2)10-6-13/h3-10,16-17H,11,18-19H2,1-2H3. The van der Waals surface area contributed by atoms with E-state index in [9.17, 15) is 0 Å². The van der Waals surface area contributed by atoms with Gasteiger partial charge in [-0.2, -0.15) is 0 Å². The first kappa shape index (κ1) is 15.4. The van der Waals surface area contributed by atoms with Crippen LogP contribution in [0, 0.1) is 0 Å². The summed E-state index contributed by atoms with van der Waals surface area (Å²) in [6, 6.07) is 15.3. The van der Waals surface area contributed by atoms with E-state index in [4.69, 9.17) is 20.9 Å². The van der Waals surface area contributed by atoms with Gasteiger partial charge in [-0.3, -0.25) is 0 Å². The molecule has 4 N–H and O–H groups in total. The number of methoxy groups -OCH3 is 2. The first-order valence-electron chi connectivity index (χ1n) is 6.93. The van der Waals surface area contributed by atoms with Crippen molar-refractivity contribution in [2.75, 3.05) is 14.2 Å². The van der Waals surface area contributed by atoms with E-state index in [0.717, 1.165) is 22.6 Å². The summed E-state index contributed by atoms with van der Waals surface area (Å²) in [7, 11) is 3.29. The van der Waals surface area contributed by atoms with Gasteiger partial charge >= 0.3 is 0 Å². The Balaban J connectivity index is 2.01. The average molecular weight is 286 g/mol. The van der Waals surface area contributed by atoms with E-state index in [1.807, 2.05) is 48.5 Å². The van der Waals surface area contributed by atoms with E-state index in [1.54, 1.807) is 14.2 Å². The molecule has 0 aliphatic rings. The molecule has 2 aromatic carbocycles. The van der Waals surface area contributed by atoms with Gasteiger partial charge in [0.05, 0.1) is 14.2 Å². The van der Waals surface area contributed by atoms with Crippen molar-refractivity contribution >= 4 is 0 Å². The molecule has 0 saturated carbocycles. The number of ether oxygens (including phenoxy) is 2. The smallest absolute Gasteiger partial charge is 0.118 e. The summed E-state index contributed by atoms with van der Waals surface area (Å²) < 4.78 is 10.3. The van der Waals surface area contributed by atoms with Crippen LogP contribution in [0.4, 0.5) is 0 Å². The molecule has 0 radical (unpaired) electrons. The predicted molar refractivity (Wildman–Crippen MR) is 84.5 cm³/mol. The zero-order valence-electron chi connectivity index (χ0n) is 12.5. The number of rotatable bonds is 6. The number of benzene rings is 2. The van der Waals surface area contributed by atoms with Crippen LogP contribution in [-0.2, 0) is 0 Å². The summed E-state index contributed by atoms with van der Waals surface area (Å²) >= 11 is 0. The number of nitrogens with two attached hydrogens (primary N) is 2. The van der Waals surface area contributed by atoms with Gasteiger partial charge in [0.2, 0.25) is 0 Å². The molecular weight excluding hydrogens is 264 g/mol. The highest BCUT2D eigenvalue weighted by atomic mass is 16.5. The third kappa shape index (κ3) is 3.97. The molecule has 0 fully saturated rings. The van der Waals surface area contributed by atoms with Crippen molar-refractivity contribution in [2.24, 2.45) is 11.5 Å². The second-order valence-electron chi connectivity index (χ2n) is 5.00. The molecule has 0 heterocycles. The van der Waals surface area contributed by atoms with Gasteiger partial charge in [-0.05, 0) is 41.8 Å². The van der Waals surface area contributed by atoms with Crippen LogP contribution in [0.3, 0.4) is 0 Å². The molecule has 2 aromatic rings. The van der Waals surface area contributed by atoms with Crippen LogP contribution in [0.5, 0.6) is 11.5 Å². The van der Waals surface area contributed by atoms with Crippen molar-refractivity contribution in [1.82, 2.24) is 0 Å². The van der Waals surface area contributed by atoms with E-state index in [1.165, 1.54) is 0 Å². The molecule has 2 unspecified atom stereocenters. The first-order chi connectivity index (χ1) is 10.1. The average Bonchev–Trinajstić information content (AvgIpc) is 2.55. The Morgan fingerprint density at radius 2 is 1.05 bits per heavy atom. The summed E-state index contributed by atoms with van der Waals surface area (Å²) in [6.07, 6.45) is 0.679. The Labute approximate surface area is 125 Å². The zero-order valence-corrected chi connectivity index (χ0v) is 12.5. The molecule has 0 aliphatic carbocycles. The van der Waals surface area contributed by atoms with Crippen molar-refractivity contribution in [1.29, 1.82) is 0 Å². The Hall–Kier alpha value is -2.04. The molecule has 2 atom stereocenters. The van der Waals surface area contributed by atoms with Crippen molar-refractivity contribution < 1.29 is 9.47 Å². The first-order valence-corrected chi connectivity index (χ1v) is 6.93. The summed E-state index contributed by atoms with van der Waals surface area (Å²) in [6.45, 7) is 0. The zero-order chi connectivity index (χ0) is 15.2. The molecular formula is C17H22N2O2. The molecule has 2 rings (SSSR count). The largest absolute Gasteiger partial charge is 0.497 e. The van der Waals surface area contributed by atoms with Gasteiger partial charge in [-0.25, -0.2) is 0 Å². The molecule has 0 aliphatic heterocycles. The van der Waals surface area contributed by atoms with Gasteiger partial charge in [0.1, 0.15) is 11.5 Å². The summed E-state index contributed by atoms with van der Waals surface area (Å²) in [5.74, 6) is 1.65. The molecule has 21 heavy (non-hydrogen) atoms. The molecule has 0 spiro atoms. The maximum atomic E-state index is 6.24. The van der Waals surface area contributed by atoms with Crippen LogP contribution >= 0.6 is 0 Å². The third-order valence-electron chi connectivity index (χ3n) is 3.60. The van der Waals surface area contributed by atoms with Crippen molar-refractivity contribution in [3.05, 3.63) is 59.7 Å². The monoisotopic (exact) mass is 286 g/mol. The fourth-order valence-electron chi connectivity index (χ4n) is 2.25. The van der Waals surface area contributed by atoms with Crippen molar-refractivity contribution in [3.8, 4) is 11.5 Å². The van der Waals surface area contributed by atoms with Gasteiger partial charge in [-0.15, -0.1) is 0 Å². The lowest BCUT2D eigenvalue weighted by molar-refractivity contribution is 0.414. The van der Waals surface area contributed by atoms with Crippen LogP contribution in [0.25, 0.3) is 0 Å². The minimum absolute atomic E-state index is 0.104. The Bertz CT molecular complexity index is 501. The van der Waals surface area contributed by atoms with Gasteiger partial charge < -0.3 is 20.9 Å². The lowest BCUT2D eigenvalue weighted by atomic mass is 9.96. The van der Waals surface area contributed by atoms with Crippen LogP contribution in [0.1, 0.15) is 29.6 Å². The molecule has 0 amide bonds. The fraction of sp³-hybridized carbons (Fsp3) is 0.294. The van der Waals surface area contributed by atoms with Crippen LogP contribution < -0.4 is 20.9 Å². The predicted octanol–water partition coefficient (Wildman–Crippen LogP) is 2.79. The number of hydrogen-bond donors (Lipinski definition) is 2. The fourth-order valence-corrected chi connectivity index (χ4v) is 2.25. The van der Waals surface area contributed by atoms with Gasteiger partial charge in [0.25, 0.3) is 0 Å². The molecule has 112 valence electrons. The van der Waals surface area contributed by atoms with Crippen LogP contribution in [-0.4, -0.2) is 14.2 Å². The lowest BCUT2D eigenvalue weighted by Crippen LogP contribution is -2.19. The summed E-state index contributed by atoms with van der Waals surface area (Å²) in [5.41, 5.74) is 14.6. The molecule has 4 nitrogen and oxygen atoms in total. The van der Waals surface area contributed by atoms with Crippen molar-refractivity contribution in [2.45, 2.75) is 18.5 Å². The highest BCUT2D eigenvalue weighted by Crippen LogP contribution is 2.25. The van der Waals surface area contributed by atoms with E-state index in [0.29, 0.717) is 6.42 Å². The second kappa shape index (κ2) is 7.11. The Morgan fingerprint density at radius 1 is 0.714 bits per heavy atom. The highest BCUT2D eigenvalue weighted by molar-refractivity contribution is 5.31. The quantitative estimate of drug-likeness (QED) is 0.856. The second-order valence-corrected chi connectivity index (χ2v) is 5.00. The topological polar surface area (TPSA) is 70.5 Å². The normalized spacial score (nSPS) is 13.5. The van der Waals surface area contributed by atoms with Crippen LogP contribution in [0.15, 0.2) is 48.5 Å². The maximum absolute atomic E-state index is 6.24. The SMILES string of the molecule is COc1ccc(C(N)CC(N)c2ccc(OC)cc2)cc1. The maximum Gasteiger partial charge on any atom is 0.118 e. The molecule has 0 aromatic heterocycles. The van der Waals surface area contributed by atoms with Gasteiger partial charge in [0, 0.05) is 12.1 Å². The molecule has 4 heteroatoms. The molecule has 0 bridgehead atoms. The lowest BCUT2D eigenvalue weighted by Gasteiger charge is -2.18. The van der Waals surface area contributed by atoms with Crippen LogP contribution in [0.2, 0.25) is 0 Å². The molecule has 0 saturated heterocycles. The number of hydrogen-bond acceptors (Lipinski definition) is 4. The van der Waals surface area contributed by atoms with E-state index < -0.39 is 0 Å². The Kier molecular flexibility index (Phi) is 5.20. The minimum atomic E-state index is -0.104. The van der Waals surface area contributed by atoms with Crippen molar-refractivity contribution in [3.63, 3.8) is 0 Å². The third-order valence-corrected chi connectivity index (χ3v) is 3.60. The van der Waals surface area contributed by atoms with E-state index in [-0.39, 0.29) is 12.1 Å². The minimum Gasteiger partial charge on any atom is -0.497 e. The highest BCUT2D eigenvalue weighted by Gasteiger charge is 2.13. The van der Waals surface area contributed by atoms with E-state index in [2.05, 4.69) is 0 Å². The summed E-state index contributed by atoms with van der Waals surface area (Å²) in [5, 5.41) is 0. The van der Waals surface area contributed by atoms with Gasteiger partial charge in [-0.1, -0.05) is 24.3 Å². The van der Waals surface area contributed by atoms with E-state index >= 15 is 0 Å². The Morgan fingerprint density at radius 3 is 1.33 bits per heavy atom. The summed E-state index contributed by atoms with van der Waals surface area (Å²) in [4.78, 5) is 0.